The van der Waals surface area contributed by atoms with Crippen molar-refractivity contribution in [2.45, 2.75) is 6.42 Å². The average Bonchev–Trinajstić information content (AvgIpc) is 2.26. The van der Waals surface area contributed by atoms with Crippen LogP contribution in [0.15, 0.2) is 24.4 Å². The molecule has 0 unspecified atom stereocenters. The van der Waals surface area contributed by atoms with E-state index in [1.807, 2.05) is 12.1 Å². The number of rotatable bonds is 7. The van der Waals surface area contributed by atoms with Gasteiger partial charge in [-0.2, -0.15) is 0 Å². The van der Waals surface area contributed by atoms with Gasteiger partial charge in [-0.05, 0) is 12.1 Å². The van der Waals surface area contributed by atoms with E-state index in [1.165, 1.54) is 4.90 Å². The van der Waals surface area contributed by atoms with Gasteiger partial charge >= 0.3 is 11.9 Å². The number of aliphatic carboxylic acids is 2. The molecular formula is C11H14N2O4. The van der Waals surface area contributed by atoms with Crippen molar-refractivity contribution in [2.24, 2.45) is 0 Å². The summed E-state index contributed by atoms with van der Waals surface area (Å²) in [7, 11) is 0. The Morgan fingerprint density at radius 3 is 2.29 bits per heavy atom. The molecular weight excluding hydrogens is 224 g/mol. The highest BCUT2D eigenvalue weighted by Crippen LogP contribution is 1.98. The van der Waals surface area contributed by atoms with Gasteiger partial charge in [0.2, 0.25) is 0 Å². The lowest BCUT2D eigenvalue weighted by molar-refractivity contribution is -0.141. The van der Waals surface area contributed by atoms with Gasteiger partial charge in [-0.3, -0.25) is 19.5 Å². The zero-order valence-corrected chi connectivity index (χ0v) is 9.24. The van der Waals surface area contributed by atoms with E-state index in [0.717, 1.165) is 5.69 Å². The number of nitrogens with zero attached hydrogens (tertiary/aromatic N) is 2. The maximum absolute atomic E-state index is 10.6. The molecule has 6 heteroatoms. The molecule has 1 rings (SSSR count). The molecule has 0 fully saturated rings. The van der Waals surface area contributed by atoms with Crippen LogP contribution < -0.4 is 0 Å². The van der Waals surface area contributed by atoms with E-state index in [9.17, 15) is 9.59 Å². The molecule has 0 bridgehead atoms. The first-order chi connectivity index (χ1) is 8.08. The number of carboxylic acids is 2. The summed E-state index contributed by atoms with van der Waals surface area (Å²) in [5, 5.41) is 17.3. The van der Waals surface area contributed by atoms with Crippen molar-refractivity contribution in [2.75, 3.05) is 19.6 Å². The van der Waals surface area contributed by atoms with Crippen LogP contribution >= 0.6 is 0 Å². The summed E-state index contributed by atoms with van der Waals surface area (Å²) in [6.07, 6.45) is 2.18. The second-order valence-corrected chi connectivity index (χ2v) is 3.57. The second-order valence-electron chi connectivity index (χ2n) is 3.57. The molecule has 6 nitrogen and oxygen atoms in total. The molecule has 2 N–H and O–H groups in total. The van der Waals surface area contributed by atoms with Crippen LogP contribution in [0.3, 0.4) is 0 Å². The Labute approximate surface area is 98.5 Å². The molecule has 1 heterocycles. The van der Waals surface area contributed by atoms with Gasteiger partial charge < -0.3 is 10.2 Å². The summed E-state index contributed by atoms with van der Waals surface area (Å²) in [5.74, 6) is -2.07. The molecule has 92 valence electrons. The van der Waals surface area contributed by atoms with Gasteiger partial charge in [-0.25, -0.2) is 0 Å². The van der Waals surface area contributed by atoms with Gasteiger partial charge in [0.1, 0.15) is 0 Å². The third-order valence-corrected chi connectivity index (χ3v) is 2.13. The van der Waals surface area contributed by atoms with Crippen molar-refractivity contribution in [3.05, 3.63) is 30.1 Å². The lowest BCUT2D eigenvalue weighted by Gasteiger charge is -2.17. The van der Waals surface area contributed by atoms with Crippen LogP contribution in [-0.2, 0) is 16.0 Å². The molecule has 0 radical (unpaired) electrons. The predicted molar refractivity (Wildman–Crippen MR) is 59.7 cm³/mol. The molecule has 0 aliphatic heterocycles. The Balaban J connectivity index is 2.48. The highest BCUT2D eigenvalue weighted by molar-refractivity contribution is 5.72. The van der Waals surface area contributed by atoms with Gasteiger partial charge in [0, 0.05) is 24.9 Å². The monoisotopic (exact) mass is 238 g/mol. The standard InChI is InChI=1S/C11H14N2O4/c14-10(15)7-13(8-11(16)17)6-4-9-3-1-2-5-12-9/h1-3,5H,4,6-8H2,(H,14,15)(H,16,17). The van der Waals surface area contributed by atoms with E-state index < -0.39 is 11.9 Å². The minimum Gasteiger partial charge on any atom is -0.480 e. The van der Waals surface area contributed by atoms with E-state index in [4.69, 9.17) is 10.2 Å². The summed E-state index contributed by atoms with van der Waals surface area (Å²) in [5.41, 5.74) is 0.813. The lowest BCUT2D eigenvalue weighted by atomic mass is 10.2. The van der Waals surface area contributed by atoms with Crippen molar-refractivity contribution >= 4 is 11.9 Å². The summed E-state index contributed by atoms with van der Waals surface area (Å²) in [6, 6.07) is 5.44. The van der Waals surface area contributed by atoms with Crippen molar-refractivity contribution in [1.82, 2.24) is 9.88 Å². The maximum Gasteiger partial charge on any atom is 0.317 e. The highest BCUT2D eigenvalue weighted by atomic mass is 16.4. The van der Waals surface area contributed by atoms with Gasteiger partial charge in [-0.1, -0.05) is 6.07 Å². The fourth-order valence-corrected chi connectivity index (χ4v) is 1.42. The normalized spacial score (nSPS) is 10.4. The highest BCUT2D eigenvalue weighted by Gasteiger charge is 2.13. The molecule has 0 atom stereocenters. The molecule has 17 heavy (non-hydrogen) atoms. The molecule has 1 aromatic rings. The molecule has 0 saturated heterocycles. The fraction of sp³-hybridized carbons (Fsp3) is 0.364. The molecule has 0 amide bonds. The van der Waals surface area contributed by atoms with E-state index in [2.05, 4.69) is 4.98 Å². The first kappa shape index (κ1) is 13.1. The van der Waals surface area contributed by atoms with E-state index in [1.54, 1.807) is 12.3 Å². The molecule has 1 aromatic heterocycles. The number of aromatic nitrogens is 1. The number of pyridine rings is 1. The molecule has 0 aromatic carbocycles. The third kappa shape index (κ3) is 5.62. The van der Waals surface area contributed by atoms with Crippen LogP contribution in [0.25, 0.3) is 0 Å². The molecule has 0 aliphatic rings. The van der Waals surface area contributed by atoms with Crippen LogP contribution in [-0.4, -0.2) is 51.7 Å². The topological polar surface area (TPSA) is 90.7 Å². The number of hydrogen-bond donors (Lipinski definition) is 2. The Morgan fingerprint density at radius 2 is 1.82 bits per heavy atom. The predicted octanol–water partition coefficient (Wildman–Crippen LogP) is 0.0953. The minimum atomic E-state index is -1.03. The van der Waals surface area contributed by atoms with Crippen molar-refractivity contribution in [3.8, 4) is 0 Å². The summed E-state index contributed by atoms with van der Waals surface area (Å²) in [6.45, 7) is -0.201. The smallest absolute Gasteiger partial charge is 0.317 e. The average molecular weight is 238 g/mol. The van der Waals surface area contributed by atoms with Gasteiger partial charge in [0.25, 0.3) is 0 Å². The van der Waals surface area contributed by atoms with Crippen molar-refractivity contribution in [1.29, 1.82) is 0 Å². The quantitative estimate of drug-likeness (QED) is 0.700. The first-order valence-electron chi connectivity index (χ1n) is 5.14. The lowest BCUT2D eigenvalue weighted by Crippen LogP contribution is -2.36. The van der Waals surface area contributed by atoms with Crippen molar-refractivity contribution in [3.63, 3.8) is 0 Å². The van der Waals surface area contributed by atoms with E-state index >= 15 is 0 Å². The SMILES string of the molecule is O=C(O)CN(CCc1ccccn1)CC(=O)O. The summed E-state index contributed by atoms with van der Waals surface area (Å²) < 4.78 is 0. The van der Waals surface area contributed by atoms with Gasteiger partial charge in [0.15, 0.2) is 0 Å². The maximum atomic E-state index is 10.6. The number of carbonyl (C=O) groups is 2. The van der Waals surface area contributed by atoms with Crippen LogP contribution in [0.1, 0.15) is 5.69 Å². The van der Waals surface area contributed by atoms with Gasteiger partial charge in [-0.15, -0.1) is 0 Å². The second kappa shape index (κ2) is 6.59. The Kier molecular flexibility index (Phi) is 5.09. The van der Waals surface area contributed by atoms with Crippen LogP contribution in [0.2, 0.25) is 0 Å². The molecule has 0 spiro atoms. The van der Waals surface area contributed by atoms with Crippen LogP contribution in [0.4, 0.5) is 0 Å². The zero-order chi connectivity index (χ0) is 12.7. The minimum absolute atomic E-state index is 0.279. The Hall–Kier alpha value is -1.95. The number of hydrogen-bond acceptors (Lipinski definition) is 4. The van der Waals surface area contributed by atoms with E-state index in [0.29, 0.717) is 13.0 Å². The first-order valence-corrected chi connectivity index (χ1v) is 5.14. The van der Waals surface area contributed by atoms with Crippen molar-refractivity contribution < 1.29 is 19.8 Å². The van der Waals surface area contributed by atoms with Crippen LogP contribution in [0, 0.1) is 0 Å². The summed E-state index contributed by atoms with van der Waals surface area (Å²) in [4.78, 5) is 26.6. The largest absolute Gasteiger partial charge is 0.480 e. The number of carboxylic acid groups (broad SMARTS) is 2. The Bertz CT molecular complexity index is 364. The van der Waals surface area contributed by atoms with Gasteiger partial charge in [0.05, 0.1) is 13.1 Å². The zero-order valence-electron chi connectivity index (χ0n) is 9.24. The molecule has 0 aliphatic carbocycles. The Morgan fingerprint density at radius 1 is 1.18 bits per heavy atom. The van der Waals surface area contributed by atoms with Crippen LogP contribution in [0.5, 0.6) is 0 Å². The summed E-state index contributed by atoms with van der Waals surface area (Å²) >= 11 is 0. The third-order valence-electron chi connectivity index (χ3n) is 2.13. The van der Waals surface area contributed by atoms with E-state index in [-0.39, 0.29) is 13.1 Å². The molecule has 0 saturated carbocycles. The fourth-order valence-electron chi connectivity index (χ4n) is 1.42.